The lowest BCUT2D eigenvalue weighted by Crippen LogP contribution is -2.31. The molecule has 0 radical (unpaired) electrons. The highest BCUT2D eigenvalue weighted by molar-refractivity contribution is 7.16. The highest BCUT2D eigenvalue weighted by atomic mass is 31.0. The second-order valence-corrected chi connectivity index (χ2v) is 5.75. The lowest BCUT2D eigenvalue weighted by Gasteiger charge is -2.32. The third-order valence-electron chi connectivity index (χ3n) is 4.17. The summed E-state index contributed by atoms with van der Waals surface area (Å²) in [6.45, 7) is 0. The third-order valence-corrected chi connectivity index (χ3v) is 4.92. The minimum Gasteiger partial charge on any atom is -0.870 e. The average molecular weight is 308 g/mol. The first-order valence-electron chi connectivity index (χ1n) is 7.34. The van der Waals surface area contributed by atoms with Gasteiger partial charge in [0.25, 0.3) is 0 Å². The summed E-state index contributed by atoms with van der Waals surface area (Å²) in [6.07, 6.45) is 1.06. The van der Waals surface area contributed by atoms with Crippen molar-refractivity contribution in [2.75, 3.05) is 6.16 Å². The van der Waals surface area contributed by atoms with E-state index < -0.39 is 0 Å². The molecule has 0 aromatic heterocycles. The normalized spacial score (nSPS) is 10.9. The quantitative estimate of drug-likeness (QED) is 0.517. The van der Waals surface area contributed by atoms with Gasteiger partial charge in [-0.2, -0.15) is 0 Å². The van der Waals surface area contributed by atoms with E-state index >= 15 is 0 Å². The number of rotatable bonds is 4. The molecule has 2 heteroatoms. The second kappa shape index (κ2) is 7.35. The van der Waals surface area contributed by atoms with Crippen molar-refractivity contribution < 1.29 is 5.48 Å². The molecule has 0 aliphatic rings. The minimum absolute atomic E-state index is 0. The summed E-state index contributed by atoms with van der Waals surface area (Å²) in [7, 11) is 2.05. The summed E-state index contributed by atoms with van der Waals surface area (Å²) in [6, 6.07) is 32.5. The standard InChI is InChI=1S/C20H19P.H2O/c21-16-20(17-10-4-1-5-11-17,18-12-6-2-7-13-18)19-14-8-3-9-15-19;/h1-15H,16,21H2;1H2. The van der Waals surface area contributed by atoms with Crippen molar-refractivity contribution in [3.8, 4) is 0 Å². The number of hydrogen-bond acceptors (Lipinski definition) is 1. The fraction of sp³-hybridized carbons (Fsp3) is 0.100. The van der Waals surface area contributed by atoms with Crippen LogP contribution < -0.4 is 0 Å². The van der Waals surface area contributed by atoms with Gasteiger partial charge in [-0.05, 0) is 25.9 Å². The Bertz CT molecular complexity index is 584. The van der Waals surface area contributed by atoms with Crippen LogP contribution in [0.15, 0.2) is 91.0 Å². The fourth-order valence-electron chi connectivity index (χ4n) is 3.10. The molecule has 1 unspecified atom stereocenters. The van der Waals surface area contributed by atoms with Gasteiger partial charge in [0.2, 0.25) is 0 Å². The summed E-state index contributed by atoms with van der Waals surface area (Å²) >= 11 is 0. The lowest BCUT2D eigenvalue weighted by molar-refractivity contribution is 0.705. The van der Waals surface area contributed by atoms with Crippen LogP contribution >= 0.6 is 9.24 Å². The van der Waals surface area contributed by atoms with Gasteiger partial charge in [-0.1, -0.05) is 91.0 Å². The van der Waals surface area contributed by atoms with E-state index in [4.69, 9.17) is 0 Å². The first-order valence-corrected chi connectivity index (χ1v) is 8.34. The molecule has 0 bridgehead atoms. The summed E-state index contributed by atoms with van der Waals surface area (Å²) in [5.74, 6) is 0. The highest BCUT2D eigenvalue weighted by Gasteiger charge is 2.36. The summed E-state index contributed by atoms with van der Waals surface area (Å²) < 4.78 is 0. The average Bonchev–Trinajstić information content (AvgIpc) is 2.59. The molecule has 112 valence electrons. The molecule has 3 rings (SSSR count). The molecule has 0 amide bonds. The monoisotopic (exact) mass is 308 g/mol. The Hall–Kier alpha value is -1.95. The van der Waals surface area contributed by atoms with E-state index in [1.807, 2.05) is 9.24 Å². The van der Waals surface area contributed by atoms with Gasteiger partial charge in [0.15, 0.2) is 0 Å². The van der Waals surface area contributed by atoms with Crippen LogP contribution in [0.4, 0.5) is 0 Å². The summed E-state index contributed by atoms with van der Waals surface area (Å²) in [4.78, 5) is 0. The molecule has 1 atom stereocenters. The Morgan fingerprint density at radius 1 is 0.545 bits per heavy atom. The third kappa shape index (κ3) is 2.83. The predicted molar refractivity (Wildman–Crippen MR) is 97.1 cm³/mol. The van der Waals surface area contributed by atoms with Crippen LogP contribution in [0.2, 0.25) is 0 Å². The van der Waals surface area contributed by atoms with Crippen molar-refractivity contribution in [3.05, 3.63) is 108 Å². The van der Waals surface area contributed by atoms with E-state index in [2.05, 4.69) is 91.0 Å². The molecule has 1 nitrogen and oxygen atoms in total. The Morgan fingerprint density at radius 3 is 1.05 bits per heavy atom. The Balaban J connectivity index is 0.00000176. The van der Waals surface area contributed by atoms with Crippen molar-refractivity contribution in [2.24, 2.45) is 0 Å². The molecule has 0 saturated carbocycles. The van der Waals surface area contributed by atoms with E-state index in [-0.39, 0.29) is 10.9 Å². The molecule has 3 aromatic rings. The summed E-state index contributed by atoms with van der Waals surface area (Å²) in [5, 5.41) is 0. The van der Waals surface area contributed by atoms with Crippen LogP contribution in [0.25, 0.3) is 0 Å². The maximum absolute atomic E-state index is 2.24. The predicted octanol–water partition coefficient (Wildman–Crippen LogP) is 4.45. The van der Waals surface area contributed by atoms with E-state index in [0.29, 0.717) is 0 Å². The Kier molecular flexibility index (Phi) is 5.49. The van der Waals surface area contributed by atoms with Gasteiger partial charge in [-0.25, -0.2) is 0 Å². The molecule has 0 heterocycles. The highest BCUT2D eigenvalue weighted by Crippen LogP contribution is 2.40. The fourth-order valence-corrected chi connectivity index (χ4v) is 3.97. The maximum Gasteiger partial charge on any atom is 0.0782 e. The van der Waals surface area contributed by atoms with Crippen LogP contribution in [0.3, 0.4) is 0 Å². The number of benzene rings is 3. The van der Waals surface area contributed by atoms with Crippen molar-refractivity contribution in [1.82, 2.24) is 0 Å². The topological polar surface area (TPSA) is 30.0 Å². The van der Waals surface area contributed by atoms with Crippen molar-refractivity contribution in [1.29, 1.82) is 0 Å². The lowest BCUT2D eigenvalue weighted by atomic mass is 9.71. The van der Waals surface area contributed by atoms with Crippen molar-refractivity contribution in [3.63, 3.8) is 0 Å². The zero-order valence-electron chi connectivity index (χ0n) is 12.5. The molecule has 0 aliphatic carbocycles. The molecular formula is C20H21OP. The van der Waals surface area contributed by atoms with Gasteiger partial charge in [-0.15, -0.1) is 0 Å². The molecule has 1 N–H and O–H groups in total. The van der Waals surface area contributed by atoms with Gasteiger partial charge >= 0.3 is 0 Å². The zero-order valence-corrected chi connectivity index (χ0v) is 13.9. The molecular weight excluding hydrogens is 287 g/mol. The molecule has 22 heavy (non-hydrogen) atoms. The van der Waals surface area contributed by atoms with Crippen LogP contribution in [0, 0.1) is 0 Å². The van der Waals surface area contributed by atoms with Crippen LogP contribution in [-0.2, 0) is 5.41 Å². The van der Waals surface area contributed by atoms with E-state index in [0.717, 1.165) is 6.16 Å². The summed E-state index contributed by atoms with van der Waals surface area (Å²) in [5.41, 5.74) is 4.01. The van der Waals surface area contributed by atoms with Crippen LogP contribution in [-0.4, -0.2) is 11.6 Å². The van der Waals surface area contributed by atoms with E-state index in [1.54, 1.807) is 0 Å². The number of hydrogen-bond donors (Lipinski definition) is 0. The largest absolute Gasteiger partial charge is 0.870 e. The van der Waals surface area contributed by atoms with Crippen LogP contribution in [0.1, 0.15) is 16.7 Å². The first-order chi connectivity index (χ1) is 10.4. The molecule has 0 saturated heterocycles. The molecule has 3 aromatic carbocycles. The van der Waals surface area contributed by atoms with Gasteiger partial charge in [-0.3, -0.25) is 0 Å². The van der Waals surface area contributed by atoms with E-state index in [9.17, 15) is 0 Å². The van der Waals surface area contributed by atoms with Gasteiger partial charge in [0.1, 0.15) is 0 Å². The molecule has 0 fully saturated rings. The van der Waals surface area contributed by atoms with Gasteiger partial charge in [0, 0.05) is 0 Å². The maximum atomic E-state index is 2.24. The second-order valence-electron chi connectivity index (χ2n) is 5.25. The Morgan fingerprint density at radius 2 is 0.818 bits per heavy atom. The van der Waals surface area contributed by atoms with Gasteiger partial charge in [0.05, 0.1) is 11.6 Å². The zero-order chi connectivity index (χ0) is 14.5. The smallest absolute Gasteiger partial charge is 0.0782 e. The minimum atomic E-state index is -0.0672. The van der Waals surface area contributed by atoms with Gasteiger partial charge < -0.3 is 5.48 Å². The first kappa shape index (κ1) is 16.4. The van der Waals surface area contributed by atoms with E-state index in [1.165, 1.54) is 16.7 Å². The SMILES string of the molecule is [OH-].[PH3+]CC(c1ccccc1)(c1ccccc1)c1ccccc1. The molecule has 0 aliphatic heterocycles. The molecule has 0 spiro atoms. The van der Waals surface area contributed by atoms with Crippen molar-refractivity contribution in [2.45, 2.75) is 5.41 Å². The van der Waals surface area contributed by atoms with Crippen LogP contribution in [0.5, 0.6) is 0 Å². The van der Waals surface area contributed by atoms with Crippen molar-refractivity contribution >= 4 is 9.24 Å². The Labute approximate surface area is 134 Å².